The fourth-order valence-electron chi connectivity index (χ4n) is 2.06. The van der Waals surface area contributed by atoms with E-state index in [2.05, 4.69) is 10.1 Å². The van der Waals surface area contributed by atoms with E-state index >= 15 is 0 Å². The summed E-state index contributed by atoms with van der Waals surface area (Å²) in [6.45, 7) is 2.53. The molecular weight excluding hydrogens is 244 g/mol. The van der Waals surface area contributed by atoms with Crippen LogP contribution in [0.3, 0.4) is 0 Å². The zero-order chi connectivity index (χ0) is 13.4. The molecule has 0 atom stereocenters. The highest BCUT2D eigenvalue weighted by Crippen LogP contribution is 2.05. The van der Waals surface area contributed by atoms with Gasteiger partial charge in [0.25, 0.3) is 11.1 Å². The summed E-state index contributed by atoms with van der Waals surface area (Å²) in [5, 5.41) is 4.47. The normalized spacial score (nSPS) is 11.2. The zero-order valence-corrected chi connectivity index (χ0v) is 10.4. The van der Waals surface area contributed by atoms with Crippen molar-refractivity contribution in [3.63, 3.8) is 0 Å². The molecule has 19 heavy (non-hydrogen) atoms. The summed E-state index contributed by atoms with van der Waals surface area (Å²) in [5.41, 5.74) is -0.0265. The van der Waals surface area contributed by atoms with Crippen LogP contribution in [0.15, 0.2) is 40.2 Å². The third-order valence-corrected chi connectivity index (χ3v) is 2.98. The first-order chi connectivity index (χ1) is 9.22. The van der Waals surface area contributed by atoms with Gasteiger partial charge in [0.05, 0.1) is 10.9 Å². The second-order valence-corrected chi connectivity index (χ2v) is 4.30. The highest BCUT2D eigenvalue weighted by Gasteiger charge is 2.10. The number of benzene rings is 1. The molecule has 0 N–H and O–H groups in total. The van der Waals surface area contributed by atoms with E-state index in [1.807, 2.05) is 6.92 Å². The van der Waals surface area contributed by atoms with Gasteiger partial charge in [0.2, 0.25) is 5.65 Å². The van der Waals surface area contributed by atoms with Gasteiger partial charge in [-0.1, -0.05) is 19.1 Å². The van der Waals surface area contributed by atoms with Crippen molar-refractivity contribution in [1.82, 2.24) is 19.2 Å². The number of aryl methyl sites for hydroxylation is 1. The van der Waals surface area contributed by atoms with Gasteiger partial charge >= 0.3 is 0 Å². The van der Waals surface area contributed by atoms with Gasteiger partial charge in [0.15, 0.2) is 0 Å². The van der Waals surface area contributed by atoms with E-state index < -0.39 is 0 Å². The molecule has 6 heteroatoms. The van der Waals surface area contributed by atoms with Crippen LogP contribution in [0.25, 0.3) is 16.6 Å². The minimum absolute atomic E-state index is 0.0691. The first kappa shape index (κ1) is 11.6. The second kappa shape index (κ2) is 4.31. The van der Waals surface area contributed by atoms with E-state index in [0.717, 1.165) is 10.9 Å². The summed E-state index contributed by atoms with van der Waals surface area (Å²) >= 11 is 0. The number of hydrogen-bond donors (Lipinski definition) is 0. The van der Waals surface area contributed by atoms with Crippen LogP contribution in [0.4, 0.5) is 0 Å². The molecule has 3 aromatic rings. The monoisotopic (exact) mass is 256 g/mol. The molecule has 0 amide bonds. The average Bonchev–Trinajstić information content (AvgIpc) is 2.43. The standard InChI is InChI=1S/C13H12N4O2/c1-2-7-16-8-14-17-11(13(16)19)15-10-6-4-3-5-9(10)12(17)18/h3-6,8H,2,7H2,1H3. The number of nitrogens with zero attached hydrogens (tertiary/aromatic N) is 4. The lowest BCUT2D eigenvalue weighted by Gasteiger charge is -2.05. The number of para-hydroxylation sites is 1. The maximum absolute atomic E-state index is 12.2. The lowest BCUT2D eigenvalue weighted by Crippen LogP contribution is -2.30. The van der Waals surface area contributed by atoms with E-state index in [1.165, 1.54) is 10.9 Å². The minimum atomic E-state index is -0.318. The summed E-state index contributed by atoms with van der Waals surface area (Å²) in [6, 6.07) is 6.94. The van der Waals surface area contributed by atoms with Crippen LogP contribution in [-0.2, 0) is 6.54 Å². The van der Waals surface area contributed by atoms with Crippen LogP contribution in [0.1, 0.15) is 13.3 Å². The van der Waals surface area contributed by atoms with E-state index in [0.29, 0.717) is 17.4 Å². The van der Waals surface area contributed by atoms with Gasteiger partial charge < -0.3 is 0 Å². The number of rotatable bonds is 2. The molecule has 2 heterocycles. The number of fused-ring (bicyclic) bond motifs is 2. The lowest BCUT2D eigenvalue weighted by molar-refractivity contribution is 0.619. The van der Waals surface area contributed by atoms with Crippen molar-refractivity contribution in [1.29, 1.82) is 0 Å². The fraction of sp³-hybridized carbons (Fsp3) is 0.231. The van der Waals surface area contributed by atoms with Crippen molar-refractivity contribution in [2.45, 2.75) is 19.9 Å². The Morgan fingerprint density at radius 2 is 1.95 bits per heavy atom. The Kier molecular flexibility index (Phi) is 2.63. The minimum Gasteiger partial charge on any atom is -0.295 e. The van der Waals surface area contributed by atoms with Crippen LogP contribution in [0.5, 0.6) is 0 Å². The molecule has 1 aromatic carbocycles. The van der Waals surface area contributed by atoms with Crippen LogP contribution < -0.4 is 11.1 Å². The van der Waals surface area contributed by atoms with Gasteiger partial charge in [-0.2, -0.15) is 9.61 Å². The summed E-state index contributed by atoms with van der Waals surface area (Å²) in [4.78, 5) is 28.7. The van der Waals surface area contributed by atoms with Crippen molar-refractivity contribution >= 4 is 16.6 Å². The Morgan fingerprint density at radius 1 is 1.16 bits per heavy atom. The molecule has 0 fully saturated rings. The molecule has 0 radical (unpaired) electrons. The maximum Gasteiger partial charge on any atom is 0.297 e. The molecule has 6 nitrogen and oxygen atoms in total. The van der Waals surface area contributed by atoms with E-state index in [-0.39, 0.29) is 16.8 Å². The summed E-state index contributed by atoms with van der Waals surface area (Å²) in [7, 11) is 0. The predicted molar refractivity (Wildman–Crippen MR) is 71.3 cm³/mol. The molecule has 0 bridgehead atoms. The Balaban J connectivity index is 2.48. The zero-order valence-electron chi connectivity index (χ0n) is 10.4. The van der Waals surface area contributed by atoms with Crippen molar-refractivity contribution in [3.05, 3.63) is 51.3 Å². The van der Waals surface area contributed by atoms with Crippen LogP contribution in [-0.4, -0.2) is 19.2 Å². The van der Waals surface area contributed by atoms with Crippen LogP contribution >= 0.6 is 0 Å². The molecule has 0 aliphatic rings. The molecule has 96 valence electrons. The van der Waals surface area contributed by atoms with Crippen LogP contribution in [0, 0.1) is 0 Å². The molecule has 0 saturated heterocycles. The van der Waals surface area contributed by atoms with E-state index in [4.69, 9.17) is 0 Å². The van der Waals surface area contributed by atoms with Crippen LogP contribution in [0.2, 0.25) is 0 Å². The van der Waals surface area contributed by atoms with Crippen molar-refractivity contribution < 1.29 is 0 Å². The van der Waals surface area contributed by atoms with Crippen molar-refractivity contribution in [2.75, 3.05) is 0 Å². The molecule has 0 spiro atoms. The molecule has 0 saturated carbocycles. The highest BCUT2D eigenvalue weighted by molar-refractivity contribution is 5.79. The van der Waals surface area contributed by atoms with Gasteiger partial charge in [0, 0.05) is 6.54 Å². The highest BCUT2D eigenvalue weighted by atomic mass is 16.1. The quantitative estimate of drug-likeness (QED) is 0.636. The average molecular weight is 256 g/mol. The number of aromatic nitrogens is 4. The SMILES string of the molecule is CCCn1cnn2c(=O)c3ccccc3nc2c1=O. The maximum atomic E-state index is 12.2. The Morgan fingerprint density at radius 3 is 2.74 bits per heavy atom. The van der Waals surface area contributed by atoms with E-state index in [9.17, 15) is 9.59 Å². The lowest BCUT2D eigenvalue weighted by atomic mass is 10.2. The smallest absolute Gasteiger partial charge is 0.295 e. The van der Waals surface area contributed by atoms with Crippen molar-refractivity contribution in [3.8, 4) is 0 Å². The topological polar surface area (TPSA) is 69.3 Å². The summed E-state index contributed by atoms with van der Waals surface area (Å²) in [6.07, 6.45) is 2.20. The van der Waals surface area contributed by atoms with Gasteiger partial charge in [-0.3, -0.25) is 14.2 Å². The van der Waals surface area contributed by atoms with Crippen molar-refractivity contribution in [2.24, 2.45) is 0 Å². The molecule has 2 aromatic heterocycles. The Labute approximate surface area is 107 Å². The molecule has 0 aliphatic carbocycles. The first-order valence-corrected chi connectivity index (χ1v) is 6.09. The summed E-state index contributed by atoms with van der Waals surface area (Å²) < 4.78 is 2.54. The van der Waals surface area contributed by atoms with Gasteiger partial charge in [0.1, 0.15) is 6.33 Å². The summed E-state index contributed by atoms with van der Waals surface area (Å²) in [5.74, 6) is 0. The largest absolute Gasteiger partial charge is 0.297 e. The van der Waals surface area contributed by atoms with Gasteiger partial charge in [-0.25, -0.2) is 4.98 Å². The Bertz CT molecular complexity index is 879. The second-order valence-electron chi connectivity index (χ2n) is 4.30. The molecule has 3 rings (SSSR count). The first-order valence-electron chi connectivity index (χ1n) is 6.09. The third-order valence-electron chi connectivity index (χ3n) is 2.98. The fourth-order valence-corrected chi connectivity index (χ4v) is 2.06. The molecule has 0 unspecified atom stereocenters. The molecule has 0 aliphatic heterocycles. The van der Waals surface area contributed by atoms with E-state index in [1.54, 1.807) is 24.3 Å². The Hall–Kier alpha value is -2.50. The number of hydrogen-bond acceptors (Lipinski definition) is 4. The molecular formula is C13H12N4O2. The predicted octanol–water partition coefficient (Wildman–Crippen LogP) is 0.814. The van der Waals surface area contributed by atoms with Gasteiger partial charge in [-0.15, -0.1) is 0 Å². The third kappa shape index (κ3) is 1.72. The van der Waals surface area contributed by atoms with Gasteiger partial charge in [-0.05, 0) is 18.6 Å².